The second kappa shape index (κ2) is 7.42. The van der Waals surface area contributed by atoms with Gasteiger partial charge in [0.2, 0.25) is 15.9 Å². The van der Waals surface area contributed by atoms with Crippen molar-refractivity contribution in [2.45, 2.75) is 56.5 Å². The van der Waals surface area contributed by atoms with Crippen molar-refractivity contribution in [2.75, 3.05) is 5.32 Å². The maximum Gasteiger partial charge on any atom is 0.240 e. The largest absolute Gasteiger partial charge is 0.328 e. The van der Waals surface area contributed by atoms with Crippen molar-refractivity contribution in [3.63, 3.8) is 0 Å². The highest BCUT2D eigenvalue weighted by molar-refractivity contribution is 7.89. The molecule has 0 spiro atoms. The molecule has 0 saturated heterocycles. The highest BCUT2D eigenvalue weighted by atomic mass is 32.2. The molecule has 0 radical (unpaired) electrons. The predicted molar refractivity (Wildman–Crippen MR) is 90.5 cm³/mol. The minimum atomic E-state index is -3.58. The van der Waals surface area contributed by atoms with Gasteiger partial charge in [-0.25, -0.2) is 13.1 Å². The maximum absolute atomic E-state index is 12.3. The fourth-order valence-corrected chi connectivity index (χ4v) is 4.03. The average molecular weight is 339 g/mol. The van der Waals surface area contributed by atoms with Gasteiger partial charge in [-0.05, 0) is 50.8 Å². The van der Waals surface area contributed by atoms with Crippen LogP contribution in [0.5, 0.6) is 0 Å². The smallest absolute Gasteiger partial charge is 0.240 e. The zero-order valence-corrected chi connectivity index (χ0v) is 14.4. The Kier molecular flexibility index (Phi) is 5.78. The van der Waals surface area contributed by atoms with E-state index >= 15 is 0 Å². The average Bonchev–Trinajstić information content (AvgIpc) is 2.93. The van der Waals surface area contributed by atoms with E-state index in [1.165, 1.54) is 12.1 Å². The van der Waals surface area contributed by atoms with Gasteiger partial charge in [-0.2, -0.15) is 0 Å². The molecule has 128 valence electrons. The van der Waals surface area contributed by atoms with Crippen LogP contribution in [0, 0.1) is 5.92 Å². The minimum absolute atomic E-state index is 0.0807. The lowest BCUT2D eigenvalue weighted by atomic mass is 10.1. The SMILES string of the molecule is CCC(C)NS(=O)(=O)c1cccc(NC(=O)C2CCC(N)C2)c1. The molecule has 1 fully saturated rings. The Morgan fingerprint density at radius 3 is 2.74 bits per heavy atom. The molecule has 23 heavy (non-hydrogen) atoms. The molecule has 1 aromatic carbocycles. The quantitative estimate of drug-likeness (QED) is 0.736. The van der Waals surface area contributed by atoms with Crippen LogP contribution in [0.15, 0.2) is 29.2 Å². The van der Waals surface area contributed by atoms with E-state index in [2.05, 4.69) is 10.0 Å². The normalized spacial score (nSPS) is 22.7. The first kappa shape index (κ1) is 17.9. The van der Waals surface area contributed by atoms with Crippen LogP contribution in [-0.2, 0) is 14.8 Å². The van der Waals surface area contributed by atoms with Gasteiger partial charge in [0.15, 0.2) is 0 Å². The van der Waals surface area contributed by atoms with Gasteiger partial charge < -0.3 is 11.1 Å². The lowest BCUT2D eigenvalue weighted by molar-refractivity contribution is -0.119. The number of amides is 1. The number of anilines is 1. The highest BCUT2D eigenvalue weighted by Crippen LogP contribution is 2.26. The van der Waals surface area contributed by atoms with E-state index in [1.807, 2.05) is 13.8 Å². The predicted octanol–water partition coefficient (Wildman–Crippen LogP) is 1.83. The van der Waals surface area contributed by atoms with Crippen LogP contribution in [-0.4, -0.2) is 26.4 Å². The number of sulfonamides is 1. The van der Waals surface area contributed by atoms with Gasteiger partial charge in [0.05, 0.1) is 4.90 Å². The molecule has 2 rings (SSSR count). The molecule has 0 bridgehead atoms. The third-order valence-electron chi connectivity index (χ3n) is 4.22. The highest BCUT2D eigenvalue weighted by Gasteiger charge is 2.28. The Morgan fingerprint density at radius 2 is 2.13 bits per heavy atom. The van der Waals surface area contributed by atoms with Gasteiger partial charge in [0.25, 0.3) is 0 Å². The second-order valence-electron chi connectivity index (χ2n) is 6.22. The Morgan fingerprint density at radius 1 is 1.39 bits per heavy atom. The van der Waals surface area contributed by atoms with Crippen LogP contribution in [0.4, 0.5) is 5.69 Å². The van der Waals surface area contributed by atoms with Crippen molar-refractivity contribution in [3.8, 4) is 0 Å². The third kappa shape index (κ3) is 4.76. The van der Waals surface area contributed by atoms with Gasteiger partial charge in [-0.3, -0.25) is 4.79 Å². The lowest BCUT2D eigenvalue weighted by Crippen LogP contribution is -2.32. The fraction of sp³-hybridized carbons (Fsp3) is 0.562. The Bertz CT molecular complexity index is 660. The molecule has 0 heterocycles. The number of hydrogen-bond donors (Lipinski definition) is 3. The first-order chi connectivity index (χ1) is 10.8. The molecular weight excluding hydrogens is 314 g/mol. The lowest BCUT2D eigenvalue weighted by Gasteiger charge is -2.14. The molecule has 4 N–H and O–H groups in total. The topological polar surface area (TPSA) is 101 Å². The number of rotatable bonds is 6. The number of benzene rings is 1. The first-order valence-electron chi connectivity index (χ1n) is 8.00. The van der Waals surface area contributed by atoms with Crippen molar-refractivity contribution in [2.24, 2.45) is 11.7 Å². The molecule has 0 aromatic heterocycles. The van der Waals surface area contributed by atoms with Crippen molar-refractivity contribution in [1.29, 1.82) is 0 Å². The molecule has 7 heteroatoms. The molecule has 1 aromatic rings. The molecule has 3 unspecified atom stereocenters. The summed E-state index contributed by atoms with van der Waals surface area (Å²) in [7, 11) is -3.58. The van der Waals surface area contributed by atoms with Crippen LogP contribution in [0.2, 0.25) is 0 Å². The summed E-state index contributed by atoms with van der Waals surface area (Å²) < 4.78 is 27.2. The summed E-state index contributed by atoms with van der Waals surface area (Å²) in [5, 5.41) is 2.80. The number of nitrogens with two attached hydrogens (primary N) is 1. The molecular formula is C16H25N3O3S. The van der Waals surface area contributed by atoms with E-state index < -0.39 is 10.0 Å². The van der Waals surface area contributed by atoms with E-state index in [0.717, 1.165) is 12.8 Å². The summed E-state index contributed by atoms with van der Waals surface area (Å²) in [5.74, 6) is -0.189. The second-order valence-corrected chi connectivity index (χ2v) is 7.93. The van der Waals surface area contributed by atoms with Crippen molar-refractivity contribution < 1.29 is 13.2 Å². The van der Waals surface area contributed by atoms with Gasteiger partial charge in [-0.1, -0.05) is 13.0 Å². The molecule has 6 nitrogen and oxygen atoms in total. The van der Waals surface area contributed by atoms with Crippen LogP contribution >= 0.6 is 0 Å². The van der Waals surface area contributed by atoms with Crippen LogP contribution in [0.25, 0.3) is 0 Å². The Hall–Kier alpha value is -1.44. The number of nitrogens with one attached hydrogen (secondary N) is 2. The van der Waals surface area contributed by atoms with Crippen molar-refractivity contribution in [1.82, 2.24) is 4.72 Å². The summed E-state index contributed by atoms with van der Waals surface area (Å²) in [5.41, 5.74) is 6.32. The standard InChI is InChI=1S/C16H25N3O3S/c1-3-11(2)19-23(21,22)15-6-4-5-14(10-15)18-16(20)12-7-8-13(17)9-12/h4-6,10-13,19H,3,7-9,17H2,1-2H3,(H,18,20). The third-order valence-corrected chi connectivity index (χ3v) is 5.81. The summed E-state index contributed by atoms with van der Waals surface area (Å²) >= 11 is 0. The van der Waals surface area contributed by atoms with E-state index in [4.69, 9.17) is 5.73 Å². The zero-order valence-electron chi connectivity index (χ0n) is 13.6. The number of hydrogen-bond acceptors (Lipinski definition) is 4. The minimum Gasteiger partial charge on any atom is -0.328 e. The van der Waals surface area contributed by atoms with Crippen molar-refractivity contribution >= 4 is 21.6 Å². The van der Waals surface area contributed by atoms with E-state index in [0.29, 0.717) is 18.5 Å². The summed E-state index contributed by atoms with van der Waals surface area (Å²) in [4.78, 5) is 12.4. The fourth-order valence-electron chi connectivity index (χ4n) is 2.66. The first-order valence-corrected chi connectivity index (χ1v) is 9.49. The van der Waals surface area contributed by atoms with E-state index in [-0.39, 0.29) is 28.8 Å². The maximum atomic E-state index is 12.3. The van der Waals surface area contributed by atoms with Gasteiger partial charge in [0, 0.05) is 23.7 Å². The zero-order chi connectivity index (χ0) is 17.0. The molecule has 1 amide bonds. The monoisotopic (exact) mass is 339 g/mol. The van der Waals surface area contributed by atoms with Crippen LogP contribution in [0.3, 0.4) is 0 Å². The van der Waals surface area contributed by atoms with Crippen LogP contribution < -0.4 is 15.8 Å². The van der Waals surface area contributed by atoms with Crippen molar-refractivity contribution in [3.05, 3.63) is 24.3 Å². The summed E-state index contributed by atoms with van der Waals surface area (Å²) in [6.45, 7) is 3.72. The Labute approximate surface area is 137 Å². The molecule has 1 aliphatic rings. The number of carbonyl (C=O) groups excluding carboxylic acids is 1. The molecule has 3 atom stereocenters. The van der Waals surface area contributed by atoms with Gasteiger partial charge in [0.1, 0.15) is 0 Å². The van der Waals surface area contributed by atoms with Crippen LogP contribution in [0.1, 0.15) is 39.5 Å². The molecule has 1 aliphatic carbocycles. The summed E-state index contributed by atoms with van der Waals surface area (Å²) in [6, 6.07) is 6.26. The summed E-state index contributed by atoms with van der Waals surface area (Å²) in [6.07, 6.45) is 3.02. The van der Waals surface area contributed by atoms with E-state index in [9.17, 15) is 13.2 Å². The van der Waals surface area contributed by atoms with Gasteiger partial charge >= 0.3 is 0 Å². The Balaban J connectivity index is 2.09. The molecule has 1 saturated carbocycles. The van der Waals surface area contributed by atoms with E-state index in [1.54, 1.807) is 12.1 Å². The van der Waals surface area contributed by atoms with Gasteiger partial charge in [-0.15, -0.1) is 0 Å². The molecule has 0 aliphatic heterocycles. The number of carbonyl (C=O) groups is 1.